The molecule has 1 aliphatic rings. The van der Waals surface area contributed by atoms with Crippen molar-refractivity contribution in [1.82, 2.24) is 9.88 Å². The summed E-state index contributed by atoms with van der Waals surface area (Å²) in [6.45, 7) is 3.64. The van der Waals surface area contributed by atoms with Crippen LogP contribution in [-0.2, 0) is 11.2 Å². The second-order valence-corrected chi connectivity index (χ2v) is 3.99. The number of amides is 1. The van der Waals surface area contributed by atoms with Gasteiger partial charge in [-0.3, -0.25) is 9.78 Å². The first kappa shape index (κ1) is 10.9. The predicted octanol–water partition coefficient (Wildman–Crippen LogP) is 1.80. The topological polar surface area (TPSA) is 33.2 Å². The minimum atomic E-state index is 0.146. The lowest BCUT2D eigenvalue weighted by Gasteiger charge is -2.15. The number of carbonyl (C=O) groups excluding carboxylic acids is 1. The molecule has 0 N–H and O–H groups in total. The van der Waals surface area contributed by atoms with Gasteiger partial charge >= 0.3 is 0 Å². The molecule has 2 rings (SSSR count). The molecule has 0 atom stereocenters. The van der Waals surface area contributed by atoms with Crippen LogP contribution in [0.15, 0.2) is 36.0 Å². The fourth-order valence-corrected chi connectivity index (χ4v) is 1.83. The van der Waals surface area contributed by atoms with Crippen LogP contribution < -0.4 is 0 Å². The Bertz CT molecular complexity index is 398. The summed E-state index contributed by atoms with van der Waals surface area (Å²) < 4.78 is 0. The van der Waals surface area contributed by atoms with Crippen LogP contribution in [0.5, 0.6) is 0 Å². The van der Waals surface area contributed by atoms with Crippen LogP contribution in [0.2, 0.25) is 0 Å². The highest BCUT2D eigenvalue weighted by Gasteiger charge is 2.19. The van der Waals surface area contributed by atoms with Gasteiger partial charge in [0.2, 0.25) is 5.91 Å². The van der Waals surface area contributed by atoms with Crippen LogP contribution in [0.4, 0.5) is 0 Å². The molecule has 0 aromatic carbocycles. The van der Waals surface area contributed by atoms with Gasteiger partial charge in [-0.2, -0.15) is 0 Å². The first-order valence-corrected chi connectivity index (χ1v) is 5.68. The van der Waals surface area contributed by atoms with Gasteiger partial charge in [-0.25, -0.2) is 0 Å². The Kier molecular flexibility index (Phi) is 3.34. The van der Waals surface area contributed by atoms with Gasteiger partial charge < -0.3 is 4.90 Å². The maximum atomic E-state index is 11.6. The number of aromatic nitrogens is 1. The van der Waals surface area contributed by atoms with Crippen molar-refractivity contribution in [1.29, 1.82) is 0 Å². The van der Waals surface area contributed by atoms with E-state index in [2.05, 4.69) is 11.9 Å². The van der Waals surface area contributed by atoms with E-state index in [1.807, 2.05) is 23.1 Å². The standard InChI is InChI=1S/C13H16N2O/c1-2-11-9-13(16)15(10-11)8-6-12-5-3-4-7-14-12/h3-5,7,9H,2,6,8,10H2,1H3. The Morgan fingerprint density at radius 2 is 2.31 bits per heavy atom. The van der Waals surface area contributed by atoms with E-state index in [1.54, 1.807) is 12.3 Å². The van der Waals surface area contributed by atoms with Gasteiger partial charge in [-0.1, -0.05) is 13.0 Å². The Morgan fingerprint density at radius 3 is 2.94 bits per heavy atom. The molecule has 2 heterocycles. The molecule has 0 aliphatic carbocycles. The van der Waals surface area contributed by atoms with Crippen molar-refractivity contribution in [2.75, 3.05) is 13.1 Å². The van der Waals surface area contributed by atoms with E-state index >= 15 is 0 Å². The van der Waals surface area contributed by atoms with Gasteiger partial charge in [0.15, 0.2) is 0 Å². The molecule has 0 saturated heterocycles. The largest absolute Gasteiger partial charge is 0.335 e. The second kappa shape index (κ2) is 4.92. The molecule has 84 valence electrons. The number of nitrogens with zero attached hydrogens (tertiary/aromatic N) is 2. The molecule has 1 aromatic heterocycles. The fourth-order valence-electron chi connectivity index (χ4n) is 1.83. The molecule has 0 fully saturated rings. The van der Waals surface area contributed by atoms with Crippen molar-refractivity contribution in [2.24, 2.45) is 0 Å². The lowest BCUT2D eigenvalue weighted by molar-refractivity contribution is -0.124. The number of carbonyl (C=O) groups is 1. The predicted molar refractivity (Wildman–Crippen MR) is 62.9 cm³/mol. The maximum absolute atomic E-state index is 11.6. The van der Waals surface area contributed by atoms with Gasteiger partial charge in [0.05, 0.1) is 0 Å². The van der Waals surface area contributed by atoms with Gasteiger partial charge in [0.25, 0.3) is 0 Å². The SMILES string of the molecule is CCC1=CC(=O)N(CCc2ccccn2)C1. The van der Waals surface area contributed by atoms with Gasteiger partial charge in [0, 0.05) is 37.5 Å². The van der Waals surface area contributed by atoms with E-state index in [9.17, 15) is 4.79 Å². The normalized spacial score (nSPS) is 15.4. The molecule has 0 bridgehead atoms. The molecule has 3 nitrogen and oxygen atoms in total. The minimum Gasteiger partial charge on any atom is -0.335 e. The average Bonchev–Trinajstić information content (AvgIpc) is 2.69. The van der Waals surface area contributed by atoms with E-state index < -0.39 is 0 Å². The molecule has 1 amide bonds. The molecule has 0 unspecified atom stereocenters. The zero-order valence-electron chi connectivity index (χ0n) is 9.52. The van der Waals surface area contributed by atoms with Crippen LogP contribution in [0.1, 0.15) is 19.0 Å². The Hall–Kier alpha value is -1.64. The van der Waals surface area contributed by atoms with Gasteiger partial charge in [0.1, 0.15) is 0 Å². The summed E-state index contributed by atoms with van der Waals surface area (Å²) in [4.78, 5) is 17.7. The average molecular weight is 216 g/mol. The Morgan fingerprint density at radius 1 is 1.44 bits per heavy atom. The Labute approximate surface area is 95.8 Å². The van der Waals surface area contributed by atoms with Crippen molar-refractivity contribution in [3.63, 3.8) is 0 Å². The zero-order valence-corrected chi connectivity index (χ0v) is 9.52. The lowest BCUT2D eigenvalue weighted by atomic mass is 10.2. The first-order chi connectivity index (χ1) is 7.79. The molecule has 16 heavy (non-hydrogen) atoms. The molecule has 0 saturated carbocycles. The third kappa shape index (κ3) is 2.48. The van der Waals surface area contributed by atoms with Crippen LogP contribution in [0.25, 0.3) is 0 Å². The summed E-state index contributed by atoms with van der Waals surface area (Å²) in [6.07, 6.45) is 5.35. The molecule has 1 aliphatic heterocycles. The van der Waals surface area contributed by atoms with Gasteiger partial charge in [-0.15, -0.1) is 0 Å². The third-order valence-electron chi connectivity index (χ3n) is 2.85. The van der Waals surface area contributed by atoms with Crippen molar-refractivity contribution < 1.29 is 4.79 Å². The number of hydrogen-bond acceptors (Lipinski definition) is 2. The molecule has 0 spiro atoms. The maximum Gasteiger partial charge on any atom is 0.246 e. The molecular weight excluding hydrogens is 200 g/mol. The van der Waals surface area contributed by atoms with Gasteiger partial charge in [-0.05, 0) is 24.1 Å². The number of hydrogen-bond donors (Lipinski definition) is 0. The second-order valence-electron chi connectivity index (χ2n) is 3.99. The fraction of sp³-hybridized carbons (Fsp3) is 0.385. The summed E-state index contributed by atoms with van der Waals surface area (Å²) in [5.41, 5.74) is 2.27. The third-order valence-corrected chi connectivity index (χ3v) is 2.85. The van der Waals surface area contributed by atoms with E-state index in [4.69, 9.17) is 0 Å². The van der Waals surface area contributed by atoms with Crippen molar-refractivity contribution in [3.8, 4) is 0 Å². The summed E-state index contributed by atoms with van der Waals surface area (Å²) in [7, 11) is 0. The highest BCUT2D eigenvalue weighted by molar-refractivity contribution is 5.91. The first-order valence-electron chi connectivity index (χ1n) is 5.68. The van der Waals surface area contributed by atoms with Crippen molar-refractivity contribution >= 4 is 5.91 Å². The van der Waals surface area contributed by atoms with E-state index in [-0.39, 0.29) is 5.91 Å². The molecular formula is C13H16N2O. The van der Waals surface area contributed by atoms with Crippen LogP contribution in [0, 0.1) is 0 Å². The minimum absolute atomic E-state index is 0.146. The summed E-state index contributed by atoms with van der Waals surface area (Å²) >= 11 is 0. The Balaban J connectivity index is 1.87. The smallest absolute Gasteiger partial charge is 0.246 e. The highest BCUT2D eigenvalue weighted by atomic mass is 16.2. The number of rotatable bonds is 4. The van der Waals surface area contributed by atoms with Crippen LogP contribution in [-0.4, -0.2) is 28.9 Å². The molecule has 1 aromatic rings. The summed E-state index contributed by atoms with van der Waals surface area (Å²) in [5.74, 6) is 0.146. The van der Waals surface area contributed by atoms with Crippen molar-refractivity contribution in [3.05, 3.63) is 41.7 Å². The summed E-state index contributed by atoms with van der Waals surface area (Å²) in [6, 6.07) is 5.87. The quantitative estimate of drug-likeness (QED) is 0.769. The van der Waals surface area contributed by atoms with Crippen LogP contribution >= 0.6 is 0 Å². The zero-order chi connectivity index (χ0) is 11.4. The van der Waals surface area contributed by atoms with E-state index in [0.717, 1.165) is 31.6 Å². The molecule has 0 radical (unpaired) electrons. The number of pyridine rings is 1. The van der Waals surface area contributed by atoms with Crippen molar-refractivity contribution in [2.45, 2.75) is 19.8 Å². The molecule has 3 heteroatoms. The van der Waals surface area contributed by atoms with E-state index in [0.29, 0.717) is 0 Å². The van der Waals surface area contributed by atoms with E-state index in [1.165, 1.54) is 5.57 Å². The highest BCUT2D eigenvalue weighted by Crippen LogP contribution is 2.13. The van der Waals surface area contributed by atoms with Crippen LogP contribution in [0.3, 0.4) is 0 Å². The summed E-state index contributed by atoms with van der Waals surface area (Å²) in [5, 5.41) is 0. The monoisotopic (exact) mass is 216 g/mol. The lowest BCUT2D eigenvalue weighted by Crippen LogP contribution is -2.28.